The number of aryl methyl sites for hydroxylation is 1. The number of carbonyl (C=O) groups is 1. The molecule has 2 rings (SSSR count). The Balaban J connectivity index is 1.81. The van der Waals surface area contributed by atoms with Gasteiger partial charge in [0.25, 0.3) is 0 Å². The van der Waals surface area contributed by atoms with Crippen LogP contribution in [0.4, 0.5) is 0 Å². The van der Waals surface area contributed by atoms with Gasteiger partial charge in [0.1, 0.15) is 5.82 Å². The monoisotopic (exact) mass is 264 g/mol. The predicted octanol–water partition coefficient (Wildman–Crippen LogP) is 3.21. The standard InChI is InChI=1S/C12H12N2OS2/c1-9-13-12(17-14-9)16-8-7-11(15)10-5-3-2-4-6-10/h2-6H,7-8H2,1H3. The van der Waals surface area contributed by atoms with E-state index in [0.717, 1.165) is 21.5 Å². The van der Waals surface area contributed by atoms with Gasteiger partial charge in [-0.15, -0.1) is 0 Å². The van der Waals surface area contributed by atoms with Gasteiger partial charge in [-0.3, -0.25) is 4.79 Å². The second kappa shape index (κ2) is 5.93. The number of rotatable bonds is 5. The summed E-state index contributed by atoms with van der Waals surface area (Å²) in [6, 6.07) is 9.38. The van der Waals surface area contributed by atoms with E-state index in [0.29, 0.717) is 6.42 Å². The van der Waals surface area contributed by atoms with Gasteiger partial charge in [-0.25, -0.2) is 4.98 Å². The normalized spacial score (nSPS) is 10.4. The van der Waals surface area contributed by atoms with E-state index in [1.807, 2.05) is 37.3 Å². The van der Waals surface area contributed by atoms with Crippen LogP contribution in [0.1, 0.15) is 22.6 Å². The Kier molecular flexibility index (Phi) is 4.28. The van der Waals surface area contributed by atoms with Crippen LogP contribution in [-0.4, -0.2) is 20.9 Å². The Hall–Kier alpha value is -1.20. The van der Waals surface area contributed by atoms with Crippen molar-refractivity contribution in [3.8, 4) is 0 Å². The number of benzene rings is 1. The molecule has 0 atom stereocenters. The first-order valence-electron chi connectivity index (χ1n) is 5.27. The lowest BCUT2D eigenvalue weighted by Crippen LogP contribution is -1.99. The highest BCUT2D eigenvalue weighted by atomic mass is 32.2. The lowest BCUT2D eigenvalue weighted by atomic mass is 10.1. The molecule has 0 aliphatic heterocycles. The molecule has 0 saturated heterocycles. The van der Waals surface area contributed by atoms with Gasteiger partial charge in [0.05, 0.1) is 0 Å². The zero-order valence-corrected chi connectivity index (χ0v) is 11.1. The third-order valence-corrected chi connectivity index (χ3v) is 4.09. The molecule has 0 radical (unpaired) electrons. The number of hydrogen-bond acceptors (Lipinski definition) is 5. The summed E-state index contributed by atoms with van der Waals surface area (Å²) >= 11 is 2.98. The summed E-state index contributed by atoms with van der Waals surface area (Å²) in [7, 11) is 0. The van der Waals surface area contributed by atoms with Gasteiger partial charge >= 0.3 is 0 Å². The topological polar surface area (TPSA) is 42.9 Å². The highest BCUT2D eigenvalue weighted by Crippen LogP contribution is 2.21. The van der Waals surface area contributed by atoms with Crippen molar-refractivity contribution < 1.29 is 4.79 Å². The molecule has 0 fully saturated rings. The molecule has 0 spiro atoms. The summed E-state index contributed by atoms with van der Waals surface area (Å²) in [6.07, 6.45) is 0.535. The fourth-order valence-electron chi connectivity index (χ4n) is 1.34. The van der Waals surface area contributed by atoms with Crippen LogP contribution in [0.15, 0.2) is 34.7 Å². The van der Waals surface area contributed by atoms with E-state index in [1.165, 1.54) is 11.5 Å². The minimum Gasteiger partial charge on any atom is -0.294 e. The molecule has 5 heteroatoms. The Morgan fingerprint density at radius 2 is 2.12 bits per heavy atom. The van der Waals surface area contributed by atoms with Crippen LogP contribution in [0.2, 0.25) is 0 Å². The van der Waals surface area contributed by atoms with Crippen LogP contribution < -0.4 is 0 Å². The smallest absolute Gasteiger partial charge is 0.170 e. The number of aromatic nitrogens is 2. The first-order chi connectivity index (χ1) is 8.25. The van der Waals surface area contributed by atoms with Crippen molar-refractivity contribution in [2.24, 2.45) is 0 Å². The van der Waals surface area contributed by atoms with E-state index in [9.17, 15) is 4.79 Å². The summed E-state index contributed by atoms with van der Waals surface area (Å²) in [5, 5.41) is 0. The van der Waals surface area contributed by atoms with E-state index >= 15 is 0 Å². The molecule has 0 aliphatic rings. The first-order valence-corrected chi connectivity index (χ1v) is 7.03. The van der Waals surface area contributed by atoms with Crippen LogP contribution >= 0.6 is 23.3 Å². The van der Waals surface area contributed by atoms with Crippen molar-refractivity contribution in [3.63, 3.8) is 0 Å². The van der Waals surface area contributed by atoms with Gasteiger partial charge in [0.2, 0.25) is 0 Å². The molecule has 1 heterocycles. The van der Waals surface area contributed by atoms with Crippen LogP contribution in [-0.2, 0) is 0 Å². The number of ketones is 1. The van der Waals surface area contributed by atoms with E-state index < -0.39 is 0 Å². The van der Waals surface area contributed by atoms with Crippen LogP contribution in [0.25, 0.3) is 0 Å². The quantitative estimate of drug-likeness (QED) is 0.614. The molecule has 0 bridgehead atoms. The molecular formula is C12H12N2OS2. The highest BCUT2D eigenvalue weighted by molar-refractivity contribution is 8.00. The van der Waals surface area contributed by atoms with Crippen molar-refractivity contribution in [1.29, 1.82) is 0 Å². The SMILES string of the molecule is Cc1nsc(SCCC(=O)c2ccccc2)n1. The van der Waals surface area contributed by atoms with Gasteiger partial charge in [0.15, 0.2) is 10.1 Å². The van der Waals surface area contributed by atoms with E-state index in [-0.39, 0.29) is 5.78 Å². The molecule has 1 aromatic heterocycles. The third kappa shape index (κ3) is 3.64. The molecule has 2 aromatic rings. The maximum Gasteiger partial charge on any atom is 0.170 e. The summed E-state index contributed by atoms with van der Waals surface area (Å²) in [5.74, 6) is 1.73. The molecular weight excluding hydrogens is 252 g/mol. The van der Waals surface area contributed by atoms with Crippen molar-refractivity contribution in [1.82, 2.24) is 9.36 Å². The summed E-state index contributed by atoms with van der Waals surface area (Å²) in [5.41, 5.74) is 0.779. The zero-order chi connectivity index (χ0) is 12.1. The second-order valence-corrected chi connectivity index (χ2v) is 5.59. The summed E-state index contributed by atoms with van der Waals surface area (Å²) in [4.78, 5) is 16.0. The van der Waals surface area contributed by atoms with Crippen molar-refractivity contribution in [3.05, 3.63) is 41.7 Å². The van der Waals surface area contributed by atoms with Crippen LogP contribution in [0.5, 0.6) is 0 Å². The Morgan fingerprint density at radius 1 is 1.35 bits per heavy atom. The third-order valence-electron chi connectivity index (χ3n) is 2.16. The molecule has 0 amide bonds. The van der Waals surface area contributed by atoms with Gasteiger partial charge in [-0.1, -0.05) is 42.1 Å². The first kappa shape index (κ1) is 12.3. The predicted molar refractivity (Wildman–Crippen MR) is 70.8 cm³/mol. The van der Waals surface area contributed by atoms with Crippen molar-refractivity contribution in [2.75, 3.05) is 5.75 Å². The minimum atomic E-state index is 0.180. The largest absolute Gasteiger partial charge is 0.294 e. The van der Waals surface area contributed by atoms with Crippen LogP contribution in [0, 0.1) is 6.92 Å². The molecule has 0 saturated carbocycles. The second-order valence-electron chi connectivity index (χ2n) is 3.50. The number of nitrogens with zero attached hydrogens (tertiary/aromatic N) is 2. The van der Waals surface area contributed by atoms with E-state index in [1.54, 1.807) is 11.8 Å². The maximum atomic E-state index is 11.8. The summed E-state index contributed by atoms with van der Waals surface area (Å²) in [6.45, 7) is 1.87. The van der Waals surface area contributed by atoms with Crippen LogP contribution in [0.3, 0.4) is 0 Å². The fraction of sp³-hybridized carbons (Fsp3) is 0.250. The highest BCUT2D eigenvalue weighted by Gasteiger charge is 2.06. The molecule has 3 nitrogen and oxygen atoms in total. The van der Waals surface area contributed by atoms with Crippen molar-refractivity contribution >= 4 is 29.1 Å². The molecule has 1 aromatic carbocycles. The number of hydrogen-bond donors (Lipinski definition) is 0. The van der Waals surface area contributed by atoms with Gasteiger partial charge in [-0.2, -0.15) is 4.37 Å². The lowest BCUT2D eigenvalue weighted by molar-refractivity contribution is 0.0989. The Bertz CT molecular complexity index is 496. The van der Waals surface area contributed by atoms with Gasteiger partial charge in [-0.05, 0) is 18.5 Å². The molecule has 88 valence electrons. The average molecular weight is 264 g/mol. The number of thioether (sulfide) groups is 1. The van der Waals surface area contributed by atoms with E-state index in [2.05, 4.69) is 9.36 Å². The summed E-state index contributed by atoms with van der Waals surface area (Å²) < 4.78 is 5.03. The number of Topliss-reactive ketones (excluding diaryl/α,β-unsaturated/α-hetero) is 1. The molecule has 0 unspecified atom stereocenters. The average Bonchev–Trinajstić information content (AvgIpc) is 2.76. The van der Waals surface area contributed by atoms with Crippen molar-refractivity contribution in [2.45, 2.75) is 17.7 Å². The lowest BCUT2D eigenvalue weighted by Gasteiger charge is -1.99. The van der Waals surface area contributed by atoms with Gasteiger partial charge < -0.3 is 0 Å². The zero-order valence-electron chi connectivity index (χ0n) is 9.42. The Morgan fingerprint density at radius 3 is 2.76 bits per heavy atom. The molecule has 17 heavy (non-hydrogen) atoms. The Labute approximate surface area is 108 Å². The number of carbonyl (C=O) groups excluding carboxylic acids is 1. The van der Waals surface area contributed by atoms with Gasteiger partial charge in [0, 0.05) is 17.7 Å². The molecule has 0 N–H and O–H groups in total. The fourth-order valence-corrected chi connectivity index (χ4v) is 2.99. The minimum absolute atomic E-state index is 0.180. The maximum absolute atomic E-state index is 11.8. The molecule has 0 aliphatic carbocycles. The van der Waals surface area contributed by atoms with E-state index in [4.69, 9.17) is 0 Å².